The standard InChI is InChI=1S/C21H30N2O3/c1-15(24)22-18-9-10-21(17-8-6-5-7-16(17)18)11-13-23(14-12-21)19(25)26-20(2,3)4/h5-8,18H,9-14H2,1-4H3,(H,22,24)/t18-/m0/s1. The molecule has 1 aliphatic carbocycles. The lowest BCUT2D eigenvalue weighted by Crippen LogP contribution is -2.49. The van der Waals surface area contributed by atoms with Crippen LogP contribution >= 0.6 is 0 Å². The van der Waals surface area contributed by atoms with Gasteiger partial charge in [0.1, 0.15) is 5.60 Å². The molecule has 26 heavy (non-hydrogen) atoms. The van der Waals surface area contributed by atoms with Crippen LogP contribution in [-0.2, 0) is 14.9 Å². The van der Waals surface area contributed by atoms with E-state index in [1.807, 2.05) is 31.7 Å². The van der Waals surface area contributed by atoms with E-state index >= 15 is 0 Å². The Balaban J connectivity index is 1.76. The fraction of sp³-hybridized carbons (Fsp3) is 0.619. The van der Waals surface area contributed by atoms with E-state index in [1.54, 1.807) is 6.92 Å². The van der Waals surface area contributed by atoms with Crippen LogP contribution in [0.15, 0.2) is 24.3 Å². The maximum atomic E-state index is 12.4. The quantitative estimate of drug-likeness (QED) is 0.827. The summed E-state index contributed by atoms with van der Waals surface area (Å²) in [7, 11) is 0. The lowest BCUT2D eigenvalue weighted by molar-refractivity contribution is -0.119. The normalized spacial score (nSPS) is 21.8. The summed E-state index contributed by atoms with van der Waals surface area (Å²) in [6.45, 7) is 8.70. The molecule has 0 saturated carbocycles. The number of carbonyl (C=O) groups excluding carboxylic acids is 2. The van der Waals surface area contributed by atoms with E-state index in [0.717, 1.165) is 25.7 Å². The molecule has 1 aromatic rings. The number of nitrogens with one attached hydrogen (secondary N) is 1. The molecule has 1 heterocycles. The van der Waals surface area contributed by atoms with Gasteiger partial charge in [0.25, 0.3) is 0 Å². The molecule has 0 aromatic heterocycles. The van der Waals surface area contributed by atoms with Gasteiger partial charge in [0.05, 0.1) is 6.04 Å². The molecule has 1 atom stereocenters. The summed E-state index contributed by atoms with van der Waals surface area (Å²) in [5, 5.41) is 3.09. The molecule has 5 heteroatoms. The predicted octanol–water partition coefficient (Wildman–Crippen LogP) is 3.93. The van der Waals surface area contributed by atoms with Gasteiger partial charge in [-0.2, -0.15) is 0 Å². The lowest BCUT2D eigenvalue weighted by atomic mass is 9.63. The second-order valence-electron chi connectivity index (χ2n) is 8.63. The number of carbonyl (C=O) groups is 2. The summed E-state index contributed by atoms with van der Waals surface area (Å²) in [6.07, 6.45) is 3.65. The maximum Gasteiger partial charge on any atom is 0.410 e. The van der Waals surface area contributed by atoms with E-state index in [2.05, 4.69) is 23.5 Å². The van der Waals surface area contributed by atoms with Crippen molar-refractivity contribution in [3.63, 3.8) is 0 Å². The van der Waals surface area contributed by atoms with Gasteiger partial charge in [0.2, 0.25) is 5.91 Å². The van der Waals surface area contributed by atoms with Crippen LogP contribution in [0.5, 0.6) is 0 Å². The van der Waals surface area contributed by atoms with Crippen LogP contribution in [0.4, 0.5) is 4.79 Å². The van der Waals surface area contributed by atoms with Crippen molar-refractivity contribution in [2.45, 2.75) is 70.4 Å². The Hall–Kier alpha value is -2.04. The van der Waals surface area contributed by atoms with Crippen LogP contribution in [0.25, 0.3) is 0 Å². The van der Waals surface area contributed by atoms with Crippen LogP contribution in [-0.4, -0.2) is 35.6 Å². The third-order valence-electron chi connectivity index (χ3n) is 5.57. The Kier molecular flexibility index (Phi) is 5.00. The minimum Gasteiger partial charge on any atom is -0.444 e. The molecular formula is C21H30N2O3. The van der Waals surface area contributed by atoms with Crippen molar-refractivity contribution >= 4 is 12.0 Å². The van der Waals surface area contributed by atoms with E-state index in [0.29, 0.717) is 13.1 Å². The summed E-state index contributed by atoms with van der Waals surface area (Å²) in [4.78, 5) is 25.7. The highest BCUT2D eigenvalue weighted by Gasteiger charge is 2.43. The number of benzene rings is 1. The molecule has 142 valence electrons. The third-order valence-corrected chi connectivity index (χ3v) is 5.57. The Morgan fingerprint density at radius 1 is 1.15 bits per heavy atom. The van der Waals surface area contributed by atoms with E-state index in [4.69, 9.17) is 4.74 Å². The Bertz CT molecular complexity index is 685. The van der Waals surface area contributed by atoms with Gasteiger partial charge in [-0.05, 0) is 63.0 Å². The minimum atomic E-state index is -0.463. The van der Waals surface area contributed by atoms with Crippen LogP contribution in [0.3, 0.4) is 0 Å². The fourth-order valence-electron chi connectivity index (χ4n) is 4.35. The second kappa shape index (κ2) is 6.93. The number of piperidine rings is 1. The Morgan fingerprint density at radius 3 is 2.42 bits per heavy atom. The van der Waals surface area contributed by atoms with E-state index in [-0.39, 0.29) is 23.5 Å². The van der Waals surface area contributed by atoms with Crippen LogP contribution < -0.4 is 5.32 Å². The summed E-state index contributed by atoms with van der Waals surface area (Å²) in [5.41, 5.74) is 2.22. The molecular weight excluding hydrogens is 328 g/mol. The molecule has 0 unspecified atom stereocenters. The van der Waals surface area contributed by atoms with Crippen molar-refractivity contribution in [1.82, 2.24) is 10.2 Å². The number of fused-ring (bicyclic) bond motifs is 2. The summed E-state index contributed by atoms with van der Waals surface area (Å²) < 4.78 is 5.52. The molecule has 2 amide bonds. The first kappa shape index (κ1) is 18.7. The smallest absolute Gasteiger partial charge is 0.410 e. The van der Waals surface area contributed by atoms with Crippen molar-refractivity contribution in [2.75, 3.05) is 13.1 Å². The fourth-order valence-corrected chi connectivity index (χ4v) is 4.35. The van der Waals surface area contributed by atoms with Crippen LogP contribution in [0.2, 0.25) is 0 Å². The third kappa shape index (κ3) is 3.87. The first-order valence-corrected chi connectivity index (χ1v) is 9.55. The Labute approximate surface area is 156 Å². The molecule has 1 aliphatic heterocycles. The van der Waals surface area contributed by atoms with Gasteiger partial charge in [-0.25, -0.2) is 4.79 Å². The molecule has 5 nitrogen and oxygen atoms in total. The number of ether oxygens (including phenoxy) is 1. The van der Waals surface area contributed by atoms with Crippen molar-refractivity contribution in [3.05, 3.63) is 35.4 Å². The second-order valence-corrected chi connectivity index (χ2v) is 8.63. The maximum absolute atomic E-state index is 12.4. The first-order valence-electron chi connectivity index (χ1n) is 9.55. The topological polar surface area (TPSA) is 58.6 Å². The highest BCUT2D eigenvalue weighted by atomic mass is 16.6. The predicted molar refractivity (Wildman–Crippen MR) is 101 cm³/mol. The number of amides is 2. The number of nitrogens with zero attached hydrogens (tertiary/aromatic N) is 1. The molecule has 1 spiro atoms. The van der Waals surface area contributed by atoms with E-state index in [1.165, 1.54) is 11.1 Å². The first-order chi connectivity index (χ1) is 12.2. The van der Waals surface area contributed by atoms with Gasteiger partial charge >= 0.3 is 6.09 Å². The van der Waals surface area contributed by atoms with Gasteiger partial charge in [0.15, 0.2) is 0 Å². The van der Waals surface area contributed by atoms with Crippen molar-refractivity contribution in [3.8, 4) is 0 Å². The number of hydrogen-bond acceptors (Lipinski definition) is 3. The average Bonchev–Trinajstić information content (AvgIpc) is 2.57. The van der Waals surface area contributed by atoms with Crippen molar-refractivity contribution < 1.29 is 14.3 Å². The zero-order valence-electron chi connectivity index (χ0n) is 16.3. The van der Waals surface area contributed by atoms with Gasteiger partial charge in [0, 0.05) is 20.0 Å². The van der Waals surface area contributed by atoms with Crippen molar-refractivity contribution in [1.29, 1.82) is 0 Å². The van der Waals surface area contributed by atoms with Gasteiger partial charge < -0.3 is 15.0 Å². The SMILES string of the molecule is CC(=O)N[C@H]1CCC2(CCN(C(=O)OC(C)(C)C)CC2)c2ccccc21. The largest absolute Gasteiger partial charge is 0.444 e. The zero-order valence-corrected chi connectivity index (χ0v) is 16.3. The lowest BCUT2D eigenvalue weighted by Gasteiger charge is -2.47. The van der Waals surface area contributed by atoms with Gasteiger partial charge in [-0.3, -0.25) is 4.79 Å². The molecule has 3 rings (SSSR count). The highest BCUT2D eigenvalue weighted by molar-refractivity contribution is 5.73. The van der Waals surface area contributed by atoms with E-state index in [9.17, 15) is 9.59 Å². The molecule has 1 saturated heterocycles. The van der Waals surface area contributed by atoms with Crippen LogP contribution in [0.1, 0.15) is 70.5 Å². The molecule has 1 N–H and O–H groups in total. The Morgan fingerprint density at radius 2 is 1.81 bits per heavy atom. The molecule has 0 radical (unpaired) electrons. The van der Waals surface area contributed by atoms with Gasteiger partial charge in [-0.1, -0.05) is 24.3 Å². The highest BCUT2D eigenvalue weighted by Crippen LogP contribution is 2.48. The van der Waals surface area contributed by atoms with Gasteiger partial charge in [-0.15, -0.1) is 0 Å². The van der Waals surface area contributed by atoms with Crippen LogP contribution in [0, 0.1) is 0 Å². The summed E-state index contributed by atoms with van der Waals surface area (Å²) >= 11 is 0. The number of hydrogen-bond donors (Lipinski definition) is 1. The van der Waals surface area contributed by atoms with Crippen molar-refractivity contribution in [2.24, 2.45) is 0 Å². The molecule has 1 aromatic carbocycles. The zero-order chi connectivity index (χ0) is 18.9. The molecule has 1 fully saturated rings. The molecule has 0 bridgehead atoms. The summed E-state index contributed by atoms with van der Waals surface area (Å²) in [5.74, 6) is 0.0144. The summed E-state index contributed by atoms with van der Waals surface area (Å²) in [6, 6.07) is 8.56. The number of rotatable bonds is 1. The molecule has 2 aliphatic rings. The monoisotopic (exact) mass is 358 g/mol. The number of likely N-dealkylation sites (tertiary alicyclic amines) is 1. The van der Waals surface area contributed by atoms with E-state index < -0.39 is 5.60 Å². The average molecular weight is 358 g/mol. The minimum absolute atomic E-state index is 0.0144.